The molecule has 21 heavy (non-hydrogen) atoms. The normalized spacial score (nSPS) is 24.4. The minimum atomic E-state index is 0.509. The molecule has 108 valence electrons. The first kappa shape index (κ1) is 12.6. The first-order chi connectivity index (χ1) is 10.3. The Hall–Kier alpha value is -2.17. The number of pyridine rings is 1. The van der Waals surface area contributed by atoms with Crippen LogP contribution in [0.4, 0.5) is 11.8 Å². The molecule has 0 aliphatic carbocycles. The van der Waals surface area contributed by atoms with Crippen molar-refractivity contribution in [3.05, 3.63) is 42.4 Å². The molecule has 0 saturated carbocycles. The summed E-state index contributed by atoms with van der Waals surface area (Å²) in [4.78, 5) is 18.3. The Bertz CT molecular complexity index is 630. The summed E-state index contributed by atoms with van der Waals surface area (Å²) in [6, 6.07) is 9.18. The molecular formula is C16H19N5. The van der Waals surface area contributed by atoms with E-state index < -0.39 is 0 Å². The Balaban J connectivity index is 1.59. The molecule has 2 aromatic rings. The van der Waals surface area contributed by atoms with E-state index >= 15 is 0 Å². The van der Waals surface area contributed by atoms with Crippen LogP contribution in [0.15, 0.2) is 36.7 Å². The average molecular weight is 281 g/mol. The van der Waals surface area contributed by atoms with E-state index in [-0.39, 0.29) is 0 Å². The Morgan fingerprint density at radius 3 is 2.43 bits per heavy atom. The van der Waals surface area contributed by atoms with Crippen molar-refractivity contribution in [1.82, 2.24) is 15.0 Å². The van der Waals surface area contributed by atoms with E-state index in [9.17, 15) is 0 Å². The first-order valence-electron chi connectivity index (χ1n) is 7.57. The maximum absolute atomic E-state index is 4.69. The van der Waals surface area contributed by atoms with Crippen LogP contribution in [-0.2, 0) is 0 Å². The molecule has 2 aliphatic heterocycles. The van der Waals surface area contributed by atoms with Crippen LogP contribution in [0.3, 0.4) is 0 Å². The zero-order chi connectivity index (χ0) is 14.2. The standard InChI is InChI=1S/C16H19N5/c1-12-4-2-5-15(19-12)20-10-6-14-13(20)7-11-21(14)16-17-8-3-9-18-16/h2-5,8-9,13-14H,6-7,10-11H2,1H3/t13-,14+/m1/s1. The molecule has 2 fully saturated rings. The number of hydrogen-bond acceptors (Lipinski definition) is 5. The highest BCUT2D eigenvalue weighted by Gasteiger charge is 2.43. The van der Waals surface area contributed by atoms with Gasteiger partial charge in [-0.05, 0) is 38.0 Å². The van der Waals surface area contributed by atoms with Gasteiger partial charge in [0.2, 0.25) is 5.95 Å². The van der Waals surface area contributed by atoms with Crippen molar-refractivity contribution in [2.75, 3.05) is 22.9 Å². The van der Waals surface area contributed by atoms with Crippen LogP contribution < -0.4 is 9.80 Å². The molecule has 0 bridgehead atoms. The molecule has 2 aliphatic rings. The lowest BCUT2D eigenvalue weighted by atomic mass is 10.1. The fourth-order valence-corrected chi connectivity index (χ4v) is 3.65. The summed E-state index contributed by atoms with van der Waals surface area (Å²) in [5, 5.41) is 0. The van der Waals surface area contributed by atoms with Crippen molar-refractivity contribution in [3.63, 3.8) is 0 Å². The lowest BCUT2D eigenvalue weighted by Gasteiger charge is -2.26. The minimum absolute atomic E-state index is 0.509. The van der Waals surface area contributed by atoms with Gasteiger partial charge in [0.1, 0.15) is 5.82 Å². The number of rotatable bonds is 2. The van der Waals surface area contributed by atoms with E-state index in [0.29, 0.717) is 12.1 Å². The van der Waals surface area contributed by atoms with Crippen LogP contribution in [0.1, 0.15) is 18.5 Å². The topological polar surface area (TPSA) is 45.2 Å². The van der Waals surface area contributed by atoms with E-state index in [1.54, 1.807) is 0 Å². The van der Waals surface area contributed by atoms with Crippen LogP contribution in [0.5, 0.6) is 0 Å². The number of nitrogens with zero attached hydrogens (tertiary/aromatic N) is 5. The van der Waals surface area contributed by atoms with Gasteiger partial charge in [-0.3, -0.25) is 0 Å². The second kappa shape index (κ2) is 4.98. The first-order valence-corrected chi connectivity index (χ1v) is 7.57. The molecule has 4 heterocycles. The molecule has 0 unspecified atom stereocenters. The summed E-state index contributed by atoms with van der Waals surface area (Å²) in [6.07, 6.45) is 5.95. The molecule has 0 aromatic carbocycles. The van der Waals surface area contributed by atoms with Gasteiger partial charge in [0, 0.05) is 31.2 Å². The molecule has 2 atom stereocenters. The highest BCUT2D eigenvalue weighted by atomic mass is 15.4. The van der Waals surface area contributed by atoms with E-state index in [2.05, 4.69) is 49.9 Å². The number of anilines is 2. The number of aryl methyl sites for hydroxylation is 1. The zero-order valence-corrected chi connectivity index (χ0v) is 12.2. The summed E-state index contributed by atoms with van der Waals surface area (Å²) >= 11 is 0. The van der Waals surface area contributed by atoms with Crippen molar-refractivity contribution in [2.24, 2.45) is 0 Å². The lowest BCUT2D eigenvalue weighted by Crippen LogP contribution is -2.37. The van der Waals surface area contributed by atoms with Gasteiger partial charge in [0.15, 0.2) is 0 Å². The summed E-state index contributed by atoms with van der Waals surface area (Å²) in [5.41, 5.74) is 1.08. The van der Waals surface area contributed by atoms with Gasteiger partial charge >= 0.3 is 0 Å². The molecule has 0 radical (unpaired) electrons. The minimum Gasteiger partial charge on any atom is -0.351 e. The van der Waals surface area contributed by atoms with Gasteiger partial charge < -0.3 is 9.80 Å². The summed E-state index contributed by atoms with van der Waals surface area (Å²) in [6.45, 7) is 4.15. The van der Waals surface area contributed by atoms with Crippen LogP contribution in [0.25, 0.3) is 0 Å². The second-order valence-corrected chi connectivity index (χ2v) is 5.78. The molecule has 2 aromatic heterocycles. The molecule has 5 nitrogen and oxygen atoms in total. The highest BCUT2D eigenvalue weighted by molar-refractivity contribution is 5.47. The Morgan fingerprint density at radius 2 is 1.67 bits per heavy atom. The van der Waals surface area contributed by atoms with Gasteiger partial charge in [0.05, 0.1) is 12.1 Å². The average Bonchev–Trinajstić information content (AvgIpc) is 3.09. The highest BCUT2D eigenvalue weighted by Crippen LogP contribution is 2.35. The molecule has 2 saturated heterocycles. The molecular weight excluding hydrogens is 262 g/mol. The van der Waals surface area contributed by atoms with Crippen molar-refractivity contribution in [1.29, 1.82) is 0 Å². The largest absolute Gasteiger partial charge is 0.351 e. The zero-order valence-electron chi connectivity index (χ0n) is 12.2. The van der Waals surface area contributed by atoms with E-state index in [1.807, 2.05) is 18.5 Å². The van der Waals surface area contributed by atoms with Crippen LogP contribution in [-0.4, -0.2) is 40.1 Å². The van der Waals surface area contributed by atoms with Crippen molar-refractivity contribution < 1.29 is 0 Å². The van der Waals surface area contributed by atoms with Crippen molar-refractivity contribution >= 4 is 11.8 Å². The van der Waals surface area contributed by atoms with Gasteiger partial charge in [-0.15, -0.1) is 0 Å². The summed E-state index contributed by atoms with van der Waals surface area (Å²) < 4.78 is 0. The fraction of sp³-hybridized carbons (Fsp3) is 0.438. The Labute approximate surface area is 124 Å². The number of hydrogen-bond donors (Lipinski definition) is 0. The van der Waals surface area contributed by atoms with Crippen molar-refractivity contribution in [3.8, 4) is 0 Å². The second-order valence-electron chi connectivity index (χ2n) is 5.78. The quantitative estimate of drug-likeness (QED) is 0.843. The summed E-state index contributed by atoms with van der Waals surface area (Å²) in [7, 11) is 0. The lowest BCUT2D eigenvalue weighted by molar-refractivity contribution is 0.635. The third kappa shape index (κ3) is 2.13. The maximum Gasteiger partial charge on any atom is 0.225 e. The Kier molecular flexibility index (Phi) is 2.98. The van der Waals surface area contributed by atoms with Gasteiger partial charge in [0.25, 0.3) is 0 Å². The molecule has 0 spiro atoms. The van der Waals surface area contributed by atoms with Gasteiger partial charge in [-0.25, -0.2) is 15.0 Å². The third-order valence-electron chi connectivity index (χ3n) is 4.55. The van der Waals surface area contributed by atoms with E-state index in [0.717, 1.165) is 43.4 Å². The molecule has 5 heteroatoms. The molecule has 0 amide bonds. The van der Waals surface area contributed by atoms with E-state index in [1.165, 1.54) is 0 Å². The van der Waals surface area contributed by atoms with Crippen LogP contribution in [0, 0.1) is 6.92 Å². The smallest absolute Gasteiger partial charge is 0.225 e. The van der Waals surface area contributed by atoms with Crippen molar-refractivity contribution in [2.45, 2.75) is 31.8 Å². The van der Waals surface area contributed by atoms with Crippen LogP contribution >= 0.6 is 0 Å². The Morgan fingerprint density at radius 1 is 0.952 bits per heavy atom. The maximum atomic E-state index is 4.69. The molecule has 4 rings (SSSR count). The third-order valence-corrected chi connectivity index (χ3v) is 4.55. The fourth-order valence-electron chi connectivity index (χ4n) is 3.65. The summed E-state index contributed by atoms with van der Waals surface area (Å²) in [5.74, 6) is 1.97. The predicted octanol–water partition coefficient (Wildman–Crippen LogP) is 2.04. The SMILES string of the molecule is Cc1cccc(N2CC[C@H]3[C@H]2CCN3c2ncccn2)n1. The predicted molar refractivity (Wildman–Crippen MR) is 82.5 cm³/mol. The van der Waals surface area contributed by atoms with E-state index in [4.69, 9.17) is 0 Å². The molecule has 0 N–H and O–H groups in total. The number of aromatic nitrogens is 3. The number of fused-ring (bicyclic) bond motifs is 1. The van der Waals surface area contributed by atoms with Gasteiger partial charge in [-0.2, -0.15) is 0 Å². The van der Waals surface area contributed by atoms with Crippen LogP contribution in [0.2, 0.25) is 0 Å². The van der Waals surface area contributed by atoms with Gasteiger partial charge in [-0.1, -0.05) is 6.07 Å². The monoisotopic (exact) mass is 281 g/mol.